The van der Waals surface area contributed by atoms with Crippen molar-refractivity contribution >= 4 is 23.2 Å². The number of anilines is 1. The Morgan fingerprint density at radius 3 is 2.76 bits per heavy atom. The van der Waals surface area contributed by atoms with Gasteiger partial charge in [-0.2, -0.15) is 0 Å². The van der Waals surface area contributed by atoms with Gasteiger partial charge in [0.15, 0.2) is 11.6 Å². The Labute approximate surface area is 229 Å². The van der Waals surface area contributed by atoms with Crippen LogP contribution in [0.3, 0.4) is 0 Å². The van der Waals surface area contributed by atoms with Gasteiger partial charge in [0, 0.05) is 22.4 Å². The Balaban J connectivity index is 1.65. The van der Waals surface area contributed by atoms with Crippen molar-refractivity contribution in [3.63, 3.8) is 0 Å². The predicted octanol–water partition coefficient (Wildman–Crippen LogP) is 7.10. The number of fused-ring (bicyclic) bond motifs is 3. The van der Waals surface area contributed by atoms with Crippen molar-refractivity contribution < 1.29 is 9.47 Å². The summed E-state index contributed by atoms with van der Waals surface area (Å²) in [4.78, 5) is 7.21. The lowest BCUT2D eigenvalue weighted by molar-refractivity contribution is 0.0595. The highest BCUT2D eigenvalue weighted by molar-refractivity contribution is 6.31. The first-order chi connectivity index (χ1) is 18.5. The molecule has 5 rings (SSSR count). The third kappa shape index (κ3) is 5.40. The predicted molar refractivity (Wildman–Crippen MR) is 152 cm³/mol. The van der Waals surface area contributed by atoms with Gasteiger partial charge in [-0.15, -0.1) is 10.2 Å². The number of hydrogen-bond acceptors (Lipinski definition) is 6. The van der Waals surface area contributed by atoms with Gasteiger partial charge in [-0.05, 0) is 51.0 Å². The van der Waals surface area contributed by atoms with E-state index in [1.54, 1.807) is 0 Å². The molecule has 8 heteroatoms. The molecular weight excluding hydrogens is 498 g/mol. The van der Waals surface area contributed by atoms with Crippen LogP contribution in [-0.4, -0.2) is 33.4 Å². The van der Waals surface area contributed by atoms with Crippen molar-refractivity contribution in [1.82, 2.24) is 14.8 Å². The quantitative estimate of drug-likeness (QED) is 0.310. The first kappa shape index (κ1) is 26.2. The molecule has 7 nitrogen and oxygen atoms in total. The number of halogens is 1. The molecule has 198 valence electrons. The fraction of sp³-hybridized carbons (Fsp3) is 0.367. The van der Waals surface area contributed by atoms with Crippen molar-refractivity contribution in [3.05, 3.63) is 88.5 Å². The zero-order valence-electron chi connectivity index (χ0n) is 22.4. The minimum Gasteiger partial charge on any atom is -0.475 e. The molecule has 3 heterocycles. The molecule has 0 saturated heterocycles. The first-order valence-corrected chi connectivity index (χ1v) is 13.6. The zero-order chi connectivity index (χ0) is 26.6. The van der Waals surface area contributed by atoms with E-state index in [0.29, 0.717) is 30.7 Å². The summed E-state index contributed by atoms with van der Waals surface area (Å²) in [5, 5.41) is 9.75. The minimum atomic E-state index is -0.0248. The maximum Gasteiger partial charge on any atom is 0.214 e. The maximum absolute atomic E-state index is 6.49. The van der Waals surface area contributed by atoms with E-state index in [-0.39, 0.29) is 12.1 Å². The fourth-order valence-corrected chi connectivity index (χ4v) is 4.85. The van der Waals surface area contributed by atoms with Crippen LogP contribution >= 0.6 is 11.6 Å². The normalized spacial score (nSPS) is 18.3. The molecule has 0 spiro atoms. The van der Waals surface area contributed by atoms with Gasteiger partial charge in [0.2, 0.25) is 5.90 Å². The van der Waals surface area contributed by atoms with Crippen LogP contribution in [0.4, 0.5) is 5.69 Å². The van der Waals surface area contributed by atoms with E-state index in [9.17, 15) is 0 Å². The molecule has 38 heavy (non-hydrogen) atoms. The summed E-state index contributed by atoms with van der Waals surface area (Å²) >= 11 is 6.49. The molecule has 0 saturated carbocycles. The average Bonchev–Trinajstić information content (AvgIpc) is 3.54. The Hall–Kier alpha value is -3.42. The van der Waals surface area contributed by atoms with E-state index >= 15 is 0 Å². The monoisotopic (exact) mass is 531 g/mol. The molecule has 1 aromatic heterocycles. The number of aliphatic imine (C=N–C) groups is 1. The van der Waals surface area contributed by atoms with Crippen LogP contribution in [0.1, 0.15) is 58.0 Å². The SMILES string of the molecule is CCC/C=C/N1/C(=C(\C)C2=NC(c3ccccc3)CO2)Cn2c(COC(C)C)nnc2-c2cc(Cl)ccc21. The Kier molecular flexibility index (Phi) is 7.95. The molecule has 0 aliphatic carbocycles. The number of ether oxygens (including phenoxy) is 2. The number of hydrogen-bond donors (Lipinski definition) is 0. The molecule has 2 aliphatic rings. The molecule has 2 aromatic carbocycles. The summed E-state index contributed by atoms with van der Waals surface area (Å²) in [7, 11) is 0. The summed E-state index contributed by atoms with van der Waals surface area (Å²) < 4.78 is 14.2. The summed E-state index contributed by atoms with van der Waals surface area (Å²) in [6.45, 7) is 9.71. The van der Waals surface area contributed by atoms with Crippen molar-refractivity contribution in [2.75, 3.05) is 11.5 Å². The largest absolute Gasteiger partial charge is 0.475 e. The molecule has 0 N–H and O–H groups in total. The Morgan fingerprint density at radius 1 is 1.18 bits per heavy atom. The lowest BCUT2D eigenvalue weighted by Gasteiger charge is -2.25. The van der Waals surface area contributed by atoms with Crippen LogP contribution in [0, 0.1) is 0 Å². The van der Waals surface area contributed by atoms with Crippen LogP contribution in [-0.2, 0) is 22.6 Å². The second-order valence-corrected chi connectivity index (χ2v) is 10.3. The molecule has 0 fully saturated rings. The Morgan fingerprint density at radius 2 is 2.00 bits per heavy atom. The van der Waals surface area contributed by atoms with E-state index in [1.165, 1.54) is 0 Å². The van der Waals surface area contributed by atoms with E-state index in [2.05, 4.69) is 57.9 Å². The van der Waals surface area contributed by atoms with Crippen molar-refractivity contribution in [1.29, 1.82) is 0 Å². The van der Waals surface area contributed by atoms with E-state index in [4.69, 9.17) is 26.1 Å². The fourth-order valence-electron chi connectivity index (χ4n) is 4.68. The minimum absolute atomic E-state index is 0.0248. The maximum atomic E-state index is 6.49. The molecule has 3 aromatic rings. The number of rotatable bonds is 8. The van der Waals surface area contributed by atoms with Gasteiger partial charge in [0.25, 0.3) is 0 Å². The van der Waals surface area contributed by atoms with Crippen molar-refractivity contribution in [2.45, 2.75) is 65.8 Å². The van der Waals surface area contributed by atoms with Crippen LogP contribution in [0.2, 0.25) is 5.02 Å². The second kappa shape index (κ2) is 11.5. The van der Waals surface area contributed by atoms with Crippen molar-refractivity contribution in [3.8, 4) is 11.4 Å². The van der Waals surface area contributed by atoms with Crippen LogP contribution in [0.5, 0.6) is 0 Å². The highest BCUT2D eigenvalue weighted by atomic mass is 35.5. The van der Waals surface area contributed by atoms with E-state index < -0.39 is 0 Å². The van der Waals surface area contributed by atoms with Gasteiger partial charge in [-0.25, -0.2) is 4.99 Å². The lowest BCUT2D eigenvalue weighted by Crippen LogP contribution is -2.23. The average molecular weight is 532 g/mol. The van der Waals surface area contributed by atoms with Gasteiger partial charge in [-0.3, -0.25) is 0 Å². The number of allylic oxidation sites excluding steroid dienone is 2. The summed E-state index contributed by atoms with van der Waals surface area (Å²) in [6.07, 6.45) is 6.46. The first-order valence-electron chi connectivity index (χ1n) is 13.2. The molecule has 0 bridgehead atoms. The Bertz CT molecular complexity index is 1380. The summed E-state index contributed by atoms with van der Waals surface area (Å²) in [5.74, 6) is 2.19. The number of aromatic nitrogens is 3. The van der Waals surface area contributed by atoms with Gasteiger partial charge in [0.05, 0.1) is 24.0 Å². The lowest BCUT2D eigenvalue weighted by atomic mass is 10.1. The van der Waals surface area contributed by atoms with Gasteiger partial charge >= 0.3 is 0 Å². The highest BCUT2D eigenvalue weighted by Crippen LogP contribution is 2.40. The zero-order valence-corrected chi connectivity index (χ0v) is 23.2. The number of benzene rings is 2. The molecule has 2 aliphatic heterocycles. The van der Waals surface area contributed by atoms with Crippen LogP contribution in [0.15, 0.2) is 77.1 Å². The number of unbranched alkanes of at least 4 members (excludes halogenated alkanes) is 1. The molecule has 0 radical (unpaired) electrons. The molecule has 0 amide bonds. The van der Waals surface area contributed by atoms with Crippen molar-refractivity contribution in [2.24, 2.45) is 4.99 Å². The third-order valence-electron chi connectivity index (χ3n) is 6.73. The highest BCUT2D eigenvalue weighted by Gasteiger charge is 2.30. The van der Waals surface area contributed by atoms with Crippen LogP contribution in [0.25, 0.3) is 11.4 Å². The van der Waals surface area contributed by atoms with Gasteiger partial charge < -0.3 is 18.9 Å². The number of nitrogens with zero attached hydrogens (tertiary/aromatic N) is 5. The van der Waals surface area contributed by atoms with Gasteiger partial charge in [0.1, 0.15) is 19.3 Å². The van der Waals surface area contributed by atoms with Gasteiger partial charge in [-0.1, -0.05) is 61.4 Å². The molecule has 1 unspecified atom stereocenters. The second-order valence-electron chi connectivity index (χ2n) is 9.83. The smallest absolute Gasteiger partial charge is 0.214 e. The standard InChI is InChI=1S/C30H34ClN5O2/c1-5-6-10-15-35-26-14-13-23(31)16-24(26)29-34-33-28(19-37-20(2)3)36(29)17-27(35)21(4)30-32-25(18-38-30)22-11-8-7-9-12-22/h7-16,20,25H,5-6,17-19H2,1-4H3/b15-10+,27-21+. The summed E-state index contributed by atoms with van der Waals surface area (Å²) in [5.41, 5.74) is 5.06. The van der Waals surface area contributed by atoms with E-state index in [0.717, 1.165) is 52.6 Å². The third-order valence-corrected chi connectivity index (χ3v) is 6.96. The van der Waals surface area contributed by atoms with Crippen LogP contribution < -0.4 is 4.90 Å². The van der Waals surface area contributed by atoms with E-state index in [1.807, 2.05) is 50.2 Å². The topological polar surface area (TPSA) is 64.8 Å². The summed E-state index contributed by atoms with van der Waals surface area (Å²) in [6, 6.07) is 16.2. The molecular formula is C30H34ClN5O2. The molecule has 1 atom stereocenters.